The fourth-order valence-corrected chi connectivity index (χ4v) is 2.32. The fourth-order valence-electron chi connectivity index (χ4n) is 1.57. The van der Waals surface area contributed by atoms with E-state index < -0.39 is 11.9 Å². The fraction of sp³-hybridized carbons (Fsp3) is 0.429. The van der Waals surface area contributed by atoms with Gasteiger partial charge in [0.1, 0.15) is 0 Å². The van der Waals surface area contributed by atoms with Crippen LogP contribution in [0.5, 0.6) is 0 Å². The Hall–Kier alpha value is -1.53. The van der Waals surface area contributed by atoms with Gasteiger partial charge in [-0.3, -0.25) is 9.59 Å². The van der Waals surface area contributed by atoms with Gasteiger partial charge in [-0.1, -0.05) is 32.4 Å². The Bertz CT molecular complexity index is 479. The third-order valence-electron chi connectivity index (χ3n) is 3.07. The highest BCUT2D eigenvalue weighted by Crippen LogP contribution is 2.27. The molecule has 0 saturated carbocycles. The van der Waals surface area contributed by atoms with Crippen molar-refractivity contribution in [1.82, 2.24) is 0 Å². The number of hydrogen-bond donors (Lipinski definition) is 3. The molecule has 20 heavy (non-hydrogen) atoms. The number of hydrogen-bond acceptors (Lipinski definition) is 4. The molecular weight excluding hydrogens is 274 g/mol. The van der Waals surface area contributed by atoms with Gasteiger partial charge in [0.2, 0.25) is 11.8 Å². The second-order valence-corrected chi connectivity index (χ2v) is 5.67. The van der Waals surface area contributed by atoms with E-state index in [1.165, 1.54) is 11.8 Å². The number of thioether (sulfide) groups is 1. The molecule has 0 aromatic heterocycles. The lowest BCUT2D eigenvalue weighted by Crippen LogP contribution is -2.40. The first-order valence-corrected chi connectivity index (χ1v) is 7.50. The van der Waals surface area contributed by atoms with Gasteiger partial charge in [0.05, 0.1) is 17.5 Å². The Morgan fingerprint density at radius 1 is 1.35 bits per heavy atom. The minimum atomic E-state index is -0.547. The van der Waals surface area contributed by atoms with Gasteiger partial charge in [-0.15, -0.1) is 11.8 Å². The van der Waals surface area contributed by atoms with Crippen LogP contribution < -0.4 is 16.8 Å². The molecule has 1 aromatic carbocycles. The molecule has 110 valence electrons. The highest BCUT2D eigenvalue weighted by atomic mass is 32.2. The quantitative estimate of drug-likeness (QED) is 0.665. The third-order valence-corrected chi connectivity index (χ3v) is 4.17. The number of amides is 2. The summed E-state index contributed by atoms with van der Waals surface area (Å²) in [6, 6.07) is 6.73. The number of benzene rings is 1. The summed E-state index contributed by atoms with van der Waals surface area (Å²) in [5.41, 5.74) is 11.7. The summed E-state index contributed by atoms with van der Waals surface area (Å²) in [5, 5.41) is 2.81. The first-order valence-electron chi connectivity index (χ1n) is 6.52. The maximum atomic E-state index is 12.1. The maximum absolute atomic E-state index is 12.1. The molecule has 0 radical (unpaired) electrons. The predicted molar refractivity (Wildman–Crippen MR) is 82.4 cm³/mol. The molecule has 0 fully saturated rings. The van der Waals surface area contributed by atoms with Crippen molar-refractivity contribution in [2.24, 2.45) is 17.4 Å². The average Bonchev–Trinajstić information content (AvgIpc) is 2.44. The van der Waals surface area contributed by atoms with Crippen LogP contribution in [0.3, 0.4) is 0 Å². The van der Waals surface area contributed by atoms with Crippen LogP contribution in [0, 0.1) is 5.92 Å². The molecule has 1 rings (SSSR count). The first-order chi connectivity index (χ1) is 9.45. The summed E-state index contributed by atoms with van der Waals surface area (Å²) >= 11 is 1.29. The largest absolute Gasteiger partial charge is 0.369 e. The Morgan fingerprint density at radius 3 is 2.60 bits per heavy atom. The van der Waals surface area contributed by atoms with E-state index in [2.05, 4.69) is 5.32 Å². The zero-order chi connectivity index (χ0) is 15.1. The van der Waals surface area contributed by atoms with Crippen molar-refractivity contribution >= 4 is 29.3 Å². The van der Waals surface area contributed by atoms with Crippen LogP contribution in [0.25, 0.3) is 0 Å². The molecule has 0 aliphatic rings. The van der Waals surface area contributed by atoms with Gasteiger partial charge in [0, 0.05) is 4.90 Å². The number of anilines is 1. The van der Waals surface area contributed by atoms with E-state index in [1.807, 2.05) is 32.0 Å². The zero-order valence-electron chi connectivity index (χ0n) is 11.8. The van der Waals surface area contributed by atoms with Crippen molar-refractivity contribution in [3.05, 3.63) is 24.3 Å². The number of para-hydroxylation sites is 1. The molecule has 0 aliphatic heterocycles. The summed E-state index contributed by atoms with van der Waals surface area (Å²) in [5.74, 6) is -0.330. The molecule has 5 N–H and O–H groups in total. The molecule has 0 spiro atoms. The standard InChI is InChI=1S/C14H21N3O2S/c1-3-9(2)13(16)14(19)17-10-6-4-5-7-11(10)20-8-12(15)18/h4-7,9,13H,3,8,16H2,1-2H3,(H2,15,18)(H,17,19). The van der Waals surface area contributed by atoms with Crippen molar-refractivity contribution in [2.45, 2.75) is 31.2 Å². The van der Waals surface area contributed by atoms with Crippen LogP contribution in [0.1, 0.15) is 20.3 Å². The molecule has 2 amide bonds. The third kappa shape index (κ3) is 4.86. The first kappa shape index (κ1) is 16.5. The van der Waals surface area contributed by atoms with E-state index in [1.54, 1.807) is 6.07 Å². The number of nitrogens with one attached hydrogen (secondary N) is 1. The lowest BCUT2D eigenvalue weighted by atomic mass is 9.99. The zero-order valence-corrected chi connectivity index (χ0v) is 12.6. The van der Waals surface area contributed by atoms with E-state index in [-0.39, 0.29) is 17.6 Å². The number of primary amides is 1. The summed E-state index contributed by atoms with van der Waals surface area (Å²) in [6.45, 7) is 3.94. The van der Waals surface area contributed by atoms with Gasteiger partial charge in [0.25, 0.3) is 0 Å². The second kappa shape index (κ2) is 7.91. The summed E-state index contributed by atoms with van der Waals surface area (Å²) in [4.78, 5) is 23.7. The van der Waals surface area contributed by atoms with Crippen molar-refractivity contribution in [3.8, 4) is 0 Å². The van der Waals surface area contributed by atoms with Crippen LogP contribution >= 0.6 is 11.8 Å². The van der Waals surface area contributed by atoms with Gasteiger partial charge in [-0.05, 0) is 18.1 Å². The smallest absolute Gasteiger partial charge is 0.241 e. The number of carbonyl (C=O) groups excluding carboxylic acids is 2. The average molecular weight is 295 g/mol. The highest BCUT2D eigenvalue weighted by Gasteiger charge is 2.20. The molecular formula is C14H21N3O2S. The summed E-state index contributed by atoms with van der Waals surface area (Å²) in [6.07, 6.45) is 0.840. The van der Waals surface area contributed by atoms with E-state index in [0.717, 1.165) is 11.3 Å². The highest BCUT2D eigenvalue weighted by molar-refractivity contribution is 8.00. The molecule has 0 aliphatic carbocycles. The minimum absolute atomic E-state index is 0.112. The van der Waals surface area contributed by atoms with Crippen LogP contribution in [0.2, 0.25) is 0 Å². The Morgan fingerprint density at radius 2 is 2.00 bits per heavy atom. The molecule has 1 aromatic rings. The molecule has 5 nitrogen and oxygen atoms in total. The summed E-state index contributed by atoms with van der Waals surface area (Å²) < 4.78 is 0. The topological polar surface area (TPSA) is 98.2 Å². The minimum Gasteiger partial charge on any atom is -0.369 e. The Kier molecular flexibility index (Phi) is 6.54. The van der Waals surface area contributed by atoms with Gasteiger partial charge < -0.3 is 16.8 Å². The number of nitrogens with two attached hydrogens (primary N) is 2. The van der Waals surface area contributed by atoms with Crippen molar-refractivity contribution in [2.75, 3.05) is 11.1 Å². The monoisotopic (exact) mass is 295 g/mol. The Balaban J connectivity index is 2.76. The Labute approximate surface area is 123 Å². The van der Waals surface area contributed by atoms with Gasteiger partial charge in [0.15, 0.2) is 0 Å². The second-order valence-electron chi connectivity index (χ2n) is 4.65. The van der Waals surface area contributed by atoms with Crippen LogP contribution in [0.4, 0.5) is 5.69 Å². The van der Waals surface area contributed by atoms with E-state index in [9.17, 15) is 9.59 Å². The van der Waals surface area contributed by atoms with Gasteiger partial charge >= 0.3 is 0 Å². The molecule has 2 unspecified atom stereocenters. The van der Waals surface area contributed by atoms with Gasteiger partial charge in [-0.2, -0.15) is 0 Å². The van der Waals surface area contributed by atoms with Crippen molar-refractivity contribution < 1.29 is 9.59 Å². The maximum Gasteiger partial charge on any atom is 0.241 e. The lowest BCUT2D eigenvalue weighted by molar-refractivity contribution is -0.118. The molecule has 0 saturated heterocycles. The van der Waals surface area contributed by atoms with E-state index >= 15 is 0 Å². The summed E-state index contributed by atoms with van der Waals surface area (Å²) in [7, 11) is 0. The molecule has 0 bridgehead atoms. The number of rotatable bonds is 7. The lowest BCUT2D eigenvalue weighted by Gasteiger charge is -2.18. The van der Waals surface area contributed by atoms with Crippen molar-refractivity contribution in [3.63, 3.8) is 0 Å². The number of carbonyl (C=O) groups is 2. The van der Waals surface area contributed by atoms with E-state index in [0.29, 0.717) is 5.69 Å². The van der Waals surface area contributed by atoms with Crippen LogP contribution in [-0.2, 0) is 9.59 Å². The SMILES string of the molecule is CCC(C)C(N)C(=O)Nc1ccccc1SCC(N)=O. The van der Waals surface area contributed by atoms with Crippen LogP contribution in [-0.4, -0.2) is 23.6 Å². The normalized spacial score (nSPS) is 13.6. The van der Waals surface area contributed by atoms with Crippen LogP contribution in [0.15, 0.2) is 29.2 Å². The van der Waals surface area contributed by atoms with E-state index in [4.69, 9.17) is 11.5 Å². The van der Waals surface area contributed by atoms with Crippen molar-refractivity contribution in [1.29, 1.82) is 0 Å². The molecule has 0 heterocycles. The van der Waals surface area contributed by atoms with Gasteiger partial charge in [-0.25, -0.2) is 0 Å². The molecule has 6 heteroatoms. The molecule has 2 atom stereocenters. The predicted octanol–water partition coefficient (Wildman–Crippen LogP) is 1.58.